The second kappa shape index (κ2) is 6.72. The monoisotopic (exact) mass is 294 g/mol. The Bertz CT molecular complexity index is 283. The van der Waals surface area contributed by atoms with Gasteiger partial charge in [0.15, 0.2) is 0 Å². The van der Waals surface area contributed by atoms with Gasteiger partial charge in [-0.15, -0.1) is 0 Å². The molecule has 1 atom stereocenters. The van der Waals surface area contributed by atoms with Gasteiger partial charge in [0.2, 0.25) is 0 Å². The van der Waals surface area contributed by atoms with Gasteiger partial charge in [0.25, 0.3) is 0 Å². The van der Waals surface area contributed by atoms with Crippen LogP contribution >= 0.6 is 39.3 Å². The summed E-state index contributed by atoms with van der Waals surface area (Å²) in [6.07, 6.45) is -0.275. The Labute approximate surface area is 102 Å². The Morgan fingerprint density at radius 1 is 1.43 bits per heavy atom. The molecular formula is C10H12BrClOS. The van der Waals surface area contributed by atoms with Crippen molar-refractivity contribution >= 4 is 39.3 Å². The van der Waals surface area contributed by atoms with Crippen LogP contribution in [0.15, 0.2) is 24.3 Å². The van der Waals surface area contributed by atoms with E-state index in [1.165, 1.54) is 0 Å². The first-order valence-electron chi connectivity index (χ1n) is 4.29. The zero-order chi connectivity index (χ0) is 10.4. The molecule has 14 heavy (non-hydrogen) atoms. The van der Waals surface area contributed by atoms with Crippen molar-refractivity contribution < 1.29 is 5.11 Å². The summed E-state index contributed by atoms with van der Waals surface area (Å²) in [6.45, 7) is 0. The lowest BCUT2D eigenvalue weighted by Gasteiger charge is -2.07. The molecule has 78 valence electrons. The molecule has 0 spiro atoms. The van der Waals surface area contributed by atoms with E-state index in [9.17, 15) is 5.11 Å². The summed E-state index contributed by atoms with van der Waals surface area (Å²) in [5, 5.41) is 10.7. The lowest BCUT2D eigenvalue weighted by atomic mass is 10.2. The Kier molecular flexibility index (Phi) is 5.94. The molecule has 0 radical (unpaired) electrons. The van der Waals surface area contributed by atoms with Crippen molar-refractivity contribution in [3.63, 3.8) is 0 Å². The standard InChI is InChI=1S/C10H12BrClOS/c11-5-9(13)7-14-6-8-3-1-2-4-10(8)12/h1-4,9,13H,5-7H2. The van der Waals surface area contributed by atoms with E-state index >= 15 is 0 Å². The van der Waals surface area contributed by atoms with Crippen LogP contribution in [0.5, 0.6) is 0 Å². The van der Waals surface area contributed by atoms with Crippen molar-refractivity contribution in [2.45, 2.75) is 11.9 Å². The van der Waals surface area contributed by atoms with Gasteiger partial charge in [-0.25, -0.2) is 0 Å². The molecular weight excluding hydrogens is 284 g/mol. The van der Waals surface area contributed by atoms with E-state index in [1.54, 1.807) is 11.8 Å². The van der Waals surface area contributed by atoms with Crippen LogP contribution in [0.4, 0.5) is 0 Å². The lowest BCUT2D eigenvalue weighted by molar-refractivity contribution is 0.226. The first-order chi connectivity index (χ1) is 6.74. The smallest absolute Gasteiger partial charge is 0.0727 e. The van der Waals surface area contributed by atoms with Crippen molar-refractivity contribution in [2.75, 3.05) is 11.1 Å². The van der Waals surface area contributed by atoms with Crippen LogP contribution in [0, 0.1) is 0 Å². The van der Waals surface area contributed by atoms with Crippen LogP contribution in [-0.2, 0) is 5.75 Å². The normalized spacial score (nSPS) is 12.8. The van der Waals surface area contributed by atoms with Crippen molar-refractivity contribution in [3.05, 3.63) is 34.9 Å². The predicted molar refractivity (Wildman–Crippen MR) is 67.4 cm³/mol. The maximum absolute atomic E-state index is 9.30. The van der Waals surface area contributed by atoms with Gasteiger partial charge >= 0.3 is 0 Å². The fraction of sp³-hybridized carbons (Fsp3) is 0.400. The summed E-state index contributed by atoms with van der Waals surface area (Å²) >= 11 is 10.9. The molecule has 0 aliphatic heterocycles. The highest BCUT2D eigenvalue weighted by molar-refractivity contribution is 9.09. The van der Waals surface area contributed by atoms with E-state index in [-0.39, 0.29) is 6.10 Å². The van der Waals surface area contributed by atoms with Gasteiger partial charge in [-0.3, -0.25) is 0 Å². The van der Waals surface area contributed by atoms with Crippen LogP contribution in [0.2, 0.25) is 5.02 Å². The molecule has 0 bridgehead atoms. The van der Waals surface area contributed by atoms with E-state index in [0.29, 0.717) is 5.33 Å². The fourth-order valence-corrected chi connectivity index (χ4v) is 2.76. The van der Waals surface area contributed by atoms with Crippen LogP contribution in [0.25, 0.3) is 0 Å². The predicted octanol–water partition coefficient (Wildman–Crippen LogP) is 3.33. The molecule has 1 N–H and O–H groups in total. The van der Waals surface area contributed by atoms with E-state index in [1.807, 2.05) is 24.3 Å². The number of thioether (sulfide) groups is 1. The Morgan fingerprint density at radius 3 is 2.79 bits per heavy atom. The molecule has 1 aromatic rings. The zero-order valence-corrected chi connectivity index (χ0v) is 10.8. The van der Waals surface area contributed by atoms with Gasteiger partial charge in [0, 0.05) is 21.9 Å². The van der Waals surface area contributed by atoms with Gasteiger partial charge in [-0.05, 0) is 11.6 Å². The third-order valence-corrected chi connectivity index (χ3v) is 3.96. The van der Waals surface area contributed by atoms with Gasteiger partial charge in [0.05, 0.1) is 6.10 Å². The van der Waals surface area contributed by atoms with Crippen LogP contribution in [-0.4, -0.2) is 22.3 Å². The largest absolute Gasteiger partial charge is 0.391 e. The Balaban J connectivity index is 2.35. The van der Waals surface area contributed by atoms with Crippen LogP contribution in [0.3, 0.4) is 0 Å². The van der Waals surface area contributed by atoms with Crippen molar-refractivity contribution in [2.24, 2.45) is 0 Å². The zero-order valence-electron chi connectivity index (χ0n) is 7.62. The van der Waals surface area contributed by atoms with Crippen LogP contribution in [0.1, 0.15) is 5.56 Å². The molecule has 0 saturated heterocycles. The maximum Gasteiger partial charge on any atom is 0.0727 e. The maximum atomic E-state index is 9.30. The Morgan fingerprint density at radius 2 is 2.14 bits per heavy atom. The number of alkyl halides is 1. The second-order valence-corrected chi connectivity index (χ2v) is 5.00. The van der Waals surface area contributed by atoms with E-state index in [2.05, 4.69) is 15.9 Å². The number of aliphatic hydroxyl groups excluding tert-OH is 1. The third-order valence-electron chi connectivity index (χ3n) is 1.70. The topological polar surface area (TPSA) is 20.2 Å². The minimum atomic E-state index is -0.275. The Hall–Kier alpha value is 0.300. The number of rotatable bonds is 5. The fourth-order valence-electron chi connectivity index (χ4n) is 0.965. The summed E-state index contributed by atoms with van der Waals surface area (Å²) in [4.78, 5) is 0. The lowest BCUT2D eigenvalue weighted by Crippen LogP contribution is -2.10. The number of aliphatic hydroxyl groups is 1. The average molecular weight is 296 g/mol. The minimum Gasteiger partial charge on any atom is -0.391 e. The van der Waals surface area contributed by atoms with Gasteiger partial charge in [0.1, 0.15) is 0 Å². The molecule has 0 fully saturated rings. The van der Waals surface area contributed by atoms with Gasteiger partial charge < -0.3 is 5.11 Å². The van der Waals surface area contributed by atoms with E-state index < -0.39 is 0 Å². The number of hydrogen-bond donors (Lipinski definition) is 1. The molecule has 4 heteroatoms. The number of benzene rings is 1. The highest BCUT2D eigenvalue weighted by Crippen LogP contribution is 2.21. The first-order valence-corrected chi connectivity index (χ1v) is 6.94. The average Bonchev–Trinajstić information content (AvgIpc) is 2.20. The molecule has 1 rings (SSSR count). The van der Waals surface area contributed by atoms with Crippen LogP contribution < -0.4 is 0 Å². The molecule has 0 aliphatic carbocycles. The summed E-state index contributed by atoms with van der Waals surface area (Å²) in [5.74, 6) is 1.58. The van der Waals surface area contributed by atoms with Crippen molar-refractivity contribution in [1.82, 2.24) is 0 Å². The molecule has 0 saturated carbocycles. The highest BCUT2D eigenvalue weighted by Gasteiger charge is 2.03. The molecule has 0 amide bonds. The minimum absolute atomic E-state index is 0.275. The number of halogens is 2. The molecule has 1 unspecified atom stereocenters. The summed E-state index contributed by atoms with van der Waals surface area (Å²) < 4.78 is 0. The first kappa shape index (κ1) is 12.4. The second-order valence-electron chi connectivity index (χ2n) is 2.91. The van der Waals surface area contributed by atoms with E-state index in [4.69, 9.17) is 11.6 Å². The SMILES string of the molecule is OC(CBr)CSCc1ccccc1Cl. The molecule has 0 aromatic heterocycles. The summed E-state index contributed by atoms with van der Waals surface area (Å²) in [5.41, 5.74) is 1.13. The summed E-state index contributed by atoms with van der Waals surface area (Å²) in [7, 11) is 0. The molecule has 0 heterocycles. The molecule has 1 nitrogen and oxygen atoms in total. The summed E-state index contributed by atoms with van der Waals surface area (Å²) in [6, 6.07) is 7.79. The highest BCUT2D eigenvalue weighted by atomic mass is 79.9. The third kappa shape index (κ3) is 4.22. The van der Waals surface area contributed by atoms with Crippen molar-refractivity contribution in [3.8, 4) is 0 Å². The molecule has 0 aliphatic rings. The van der Waals surface area contributed by atoms with Gasteiger partial charge in [-0.2, -0.15) is 11.8 Å². The molecule has 1 aromatic carbocycles. The quantitative estimate of drug-likeness (QED) is 0.841. The van der Waals surface area contributed by atoms with Crippen molar-refractivity contribution in [1.29, 1.82) is 0 Å². The van der Waals surface area contributed by atoms with E-state index in [0.717, 1.165) is 22.1 Å². The van der Waals surface area contributed by atoms with Gasteiger partial charge in [-0.1, -0.05) is 45.7 Å². The number of hydrogen-bond acceptors (Lipinski definition) is 2.